The first-order valence-electron chi connectivity index (χ1n) is 10.8. The molecule has 1 N–H and O–H groups in total. The van der Waals surface area contributed by atoms with Crippen LogP contribution in [0.4, 0.5) is 11.4 Å². The molecule has 0 saturated carbocycles. The Bertz CT molecular complexity index is 1510. The summed E-state index contributed by atoms with van der Waals surface area (Å²) in [5, 5.41) is 5.84. The van der Waals surface area contributed by atoms with E-state index in [9.17, 15) is 0 Å². The van der Waals surface area contributed by atoms with Crippen LogP contribution in [0.2, 0.25) is 0 Å². The van der Waals surface area contributed by atoms with Crippen LogP contribution in [0.25, 0.3) is 44.2 Å². The third-order valence-corrected chi connectivity index (χ3v) is 5.88. The van der Waals surface area contributed by atoms with Gasteiger partial charge in [-0.2, -0.15) is 0 Å². The summed E-state index contributed by atoms with van der Waals surface area (Å²) in [7, 11) is 0. The van der Waals surface area contributed by atoms with Gasteiger partial charge in [0.25, 0.3) is 0 Å². The third kappa shape index (κ3) is 3.23. The molecule has 2 heteroatoms. The van der Waals surface area contributed by atoms with E-state index in [4.69, 9.17) is 4.42 Å². The molecule has 0 atom stereocenters. The van der Waals surface area contributed by atoms with Crippen molar-refractivity contribution in [2.75, 3.05) is 5.32 Å². The van der Waals surface area contributed by atoms with Gasteiger partial charge in [-0.3, -0.25) is 0 Å². The van der Waals surface area contributed by atoms with Crippen molar-refractivity contribution in [3.8, 4) is 22.3 Å². The van der Waals surface area contributed by atoms with Gasteiger partial charge >= 0.3 is 0 Å². The van der Waals surface area contributed by atoms with E-state index < -0.39 is 0 Å². The largest absolute Gasteiger partial charge is 0.454 e. The van der Waals surface area contributed by atoms with Crippen LogP contribution >= 0.6 is 0 Å². The van der Waals surface area contributed by atoms with E-state index in [2.05, 4.69) is 102 Å². The Kier molecular flexibility index (Phi) is 4.47. The van der Waals surface area contributed by atoms with E-state index >= 15 is 0 Å². The summed E-state index contributed by atoms with van der Waals surface area (Å²) in [4.78, 5) is 0. The molecule has 5 aromatic carbocycles. The van der Waals surface area contributed by atoms with Gasteiger partial charge in [-0.15, -0.1) is 0 Å². The van der Waals surface area contributed by atoms with Crippen LogP contribution < -0.4 is 5.32 Å². The maximum atomic E-state index is 6.35. The average molecular weight is 412 g/mol. The zero-order valence-corrected chi connectivity index (χ0v) is 17.5. The van der Waals surface area contributed by atoms with Gasteiger partial charge in [0.05, 0.1) is 5.69 Å². The summed E-state index contributed by atoms with van der Waals surface area (Å²) in [6, 6.07) is 41.9. The summed E-state index contributed by atoms with van der Waals surface area (Å²) < 4.78 is 6.35. The van der Waals surface area contributed by atoms with Crippen LogP contribution in [0.3, 0.4) is 0 Å². The number of hydrogen-bond donors (Lipinski definition) is 1. The predicted octanol–water partition coefficient (Wildman–Crippen LogP) is 8.66. The van der Waals surface area contributed by atoms with Crippen molar-refractivity contribution in [2.45, 2.75) is 0 Å². The SMILES string of the molecule is c1ccc(-c2ccc(Nc3ccc(-c4ccccc4)c4c3oc3ccccc34)cc2)cc1. The highest BCUT2D eigenvalue weighted by molar-refractivity contribution is 6.16. The molecular weight excluding hydrogens is 390 g/mol. The fourth-order valence-corrected chi connectivity index (χ4v) is 4.32. The summed E-state index contributed by atoms with van der Waals surface area (Å²) in [6.07, 6.45) is 0. The minimum atomic E-state index is 0.875. The smallest absolute Gasteiger partial charge is 0.159 e. The lowest BCUT2D eigenvalue weighted by atomic mass is 9.98. The quantitative estimate of drug-likeness (QED) is 0.314. The molecule has 0 bridgehead atoms. The molecule has 0 fully saturated rings. The molecule has 6 aromatic rings. The number of nitrogens with one attached hydrogen (secondary N) is 1. The topological polar surface area (TPSA) is 25.2 Å². The van der Waals surface area contributed by atoms with Crippen LogP contribution in [0.5, 0.6) is 0 Å². The fraction of sp³-hybridized carbons (Fsp3) is 0. The molecule has 0 radical (unpaired) electrons. The third-order valence-electron chi connectivity index (χ3n) is 5.88. The maximum Gasteiger partial charge on any atom is 0.159 e. The molecule has 0 aliphatic carbocycles. The number of fused-ring (bicyclic) bond motifs is 3. The van der Waals surface area contributed by atoms with Crippen molar-refractivity contribution in [3.63, 3.8) is 0 Å². The van der Waals surface area contributed by atoms with Gasteiger partial charge < -0.3 is 9.73 Å². The number of benzene rings is 5. The molecule has 1 heterocycles. The Morgan fingerprint density at radius 1 is 0.500 bits per heavy atom. The highest BCUT2D eigenvalue weighted by atomic mass is 16.3. The van der Waals surface area contributed by atoms with Crippen molar-refractivity contribution in [1.82, 2.24) is 0 Å². The Hall–Kier alpha value is -4.30. The highest BCUT2D eigenvalue weighted by Crippen LogP contribution is 2.41. The van der Waals surface area contributed by atoms with Crippen molar-refractivity contribution in [1.29, 1.82) is 0 Å². The molecule has 0 saturated heterocycles. The molecule has 0 unspecified atom stereocenters. The van der Waals surface area contributed by atoms with Crippen LogP contribution in [-0.4, -0.2) is 0 Å². The molecule has 1 aromatic heterocycles. The molecule has 2 nitrogen and oxygen atoms in total. The van der Waals surface area contributed by atoms with Crippen molar-refractivity contribution in [3.05, 3.63) is 121 Å². The Balaban J connectivity index is 1.45. The first-order valence-corrected chi connectivity index (χ1v) is 10.8. The molecular formula is C30H21NO. The van der Waals surface area contributed by atoms with E-state index in [1.807, 2.05) is 24.3 Å². The molecule has 0 aliphatic heterocycles. The Morgan fingerprint density at radius 2 is 1.12 bits per heavy atom. The number of para-hydroxylation sites is 1. The van der Waals surface area contributed by atoms with Gasteiger partial charge in [-0.25, -0.2) is 0 Å². The number of hydrogen-bond acceptors (Lipinski definition) is 2. The summed E-state index contributed by atoms with van der Waals surface area (Å²) in [5.74, 6) is 0. The zero-order valence-electron chi connectivity index (χ0n) is 17.5. The van der Waals surface area contributed by atoms with Gasteiger partial charge in [0.15, 0.2) is 5.58 Å². The molecule has 152 valence electrons. The van der Waals surface area contributed by atoms with Crippen LogP contribution in [0, 0.1) is 0 Å². The first-order chi connectivity index (χ1) is 15.9. The van der Waals surface area contributed by atoms with Crippen LogP contribution in [0.15, 0.2) is 126 Å². The van der Waals surface area contributed by atoms with Crippen molar-refractivity contribution < 1.29 is 4.42 Å². The fourth-order valence-electron chi connectivity index (χ4n) is 4.32. The van der Waals surface area contributed by atoms with Crippen LogP contribution in [0.1, 0.15) is 0 Å². The van der Waals surface area contributed by atoms with Crippen molar-refractivity contribution >= 4 is 33.3 Å². The molecule has 0 aliphatic rings. The predicted molar refractivity (Wildman–Crippen MR) is 134 cm³/mol. The molecule has 32 heavy (non-hydrogen) atoms. The molecule has 6 rings (SSSR count). The standard InChI is InChI=1S/C30H21NO/c1-3-9-21(10-4-1)22-15-17-24(18-16-22)31-27-20-19-25(23-11-5-2-6-12-23)29-26-13-7-8-14-28(26)32-30(27)29/h1-20,31H. The lowest BCUT2D eigenvalue weighted by Crippen LogP contribution is -1.92. The summed E-state index contributed by atoms with van der Waals surface area (Å²) in [6.45, 7) is 0. The zero-order chi connectivity index (χ0) is 21.3. The normalized spacial score (nSPS) is 11.1. The van der Waals surface area contributed by atoms with Gasteiger partial charge in [0.1, 0.15) is 5.58 Å². The van der Waals surface area contributed by atoms with E-state index in [0.29, 0.717) is 0 Å². The lowest BCUT2D eigenvalue weighted by molar-refractivity contribution is 0.670. The molecule has 0 amide bonds. The van der Waals surface area contributed by atoms with Gasteiger partial charge in [-0.1, -0.05) is 97.1 Å². The van der Waals surface area contributed by atoms with E-state index in [-0.39, 0.29) is 0 Å². The highest BCUT2D eigenvalue weighted by Gasteiger charge is 2.16. The van der Waals surface area contributed by atoms with Crippen molar-refractivity contribution in [2.24, 2.45) is 0 Å². The number of anilines is 2. The lowest BCUT2D eigenvalue weighted by Gasteiger charge is -2.11. The second-order valence-electron chi connectivity index (χ2n) is 7.90. The van der Waals surface area contributed by atoms with E-state index in [1.54, 1.807) is 0 Å². The second-order valence-corrected chi connectivity index (χ2v) is 7.90. The number of rotatable bonds is 4. The average Bonchev–Trinajstić information content (AvgIpc) is 3.26. The summed E-state index contributed by atoms with van der Waals surface area (Å²) >= 11 is 0. The van der Waals surface area contributed by atoms with E-state index in [0.717, 1.165) is 33.3 Å². The number of furan rings is 1. The monoisotopic (exact) mass is 411 g/mol. The first kappa shape index (κ1) is 18.5. The van der Waals surface area contributed by atoms with Crippen LogP contribution in [-0.2, 0) is 0 Å². The summed E-state index contributed by atoms with van der Waals surface area (Å²) in [5.41, 5.74) is 8.53. The van der Waals surface area contributed by atoms with E-state index in [1.165, 1.54) is 22.3 Å². The minimum Gasteiger partial charge on any atom is -0.454 e. The minimum absolute atomic E-state index is 0.875. The van der Waals surface area contributed by atoms with Gasteiger partial charge in [0.2, 0.25) is 0 Å². The second kappa shape index (κ2) is 7.75. The Labute approximate surface area is 186 Å². The van der Waals surface area contributed by atoms with Gasteiger partial charge in [0, 0.05) is 16.5 Å². The maximum absolute atomic E-state index is 6.35. The van der Waals surface area contributed by atoms with Gasteiger partial charge in [-0.05, 0) is 46.5 Å². The molecule has 0 spiro atoms. The Morgan fingerprint density at radius 3 is 1.88 bits per heavy atom.